The molecule has 0 radical (unpaired) electrons. The van der Waals surface area contributed by atoms with Crippen LogP contribution in [0.25, 0.3) is 11.0 Å². The monoisotopic (exact) mass is 474 g/mol. The molecule has 0 spiro atoms. The number of fused-ring (bicyclic) bond motifs is 1. The molecule has 0 amide bonds. The molecule has 1 aromatic heterocycles. The summed E-state index contributed by atoms with van der Waals surface area (Å²) in [7, 11) is 0. The summed E-state index contributed by atoms with van der Waals surface area (Å²) in [4.78, 5) is 2.38. The van der Waals surface area contributed by atoms with Gasteiger partial charge in [0.05, 0.1) is 23.9 Å². The number of β-amino-alcohol motifs (C(OH)–C–C–N with tert-alkyl or cyclic N) is 1. The fourth-order valence-corrected chi connectivity index (χ4v) is 5.48. The maximum Gasteiger partial charge on any atom is 0.265 e. The van der Waals surface area contributed by atoms with Crippen molar-refractivity contribution in [1.29, 1.82) is 0 Å². The van der Waals surface area contributed by atoms with Crippen molar-refractivity contribution in [2.24, 2.45) is 5.92 Å². The number of nitrogens with zero attached hydrogens (tertiary/aromatic N) is 2. The summed E-state index contributed by atoms with van der Waals surface area (Å²) in [6.07, 6.45) is 6.72. The number of benzene rings is 1. The van der Waals surface area contributed by atoms with Gasteiger partial charge in [0.1, 0.15) is 11.1 Å². The van der Waals surface area contributed by atoms with Gasteiger partial charge in [0.25, 0.3) is 5.88 Å². The molecule has 3 aliphatic rings. The number of rotatable bonds is 7. The molecule has 1 saturated carbocycles. The SMILES string of the molecule is CC1(O)CCC(Oc2cccc3onc(OCC4CCN(CC5(O)CCOCC5)CC4)c23)CC1. The molecular weight excluding hydrogens is 436 g/mol. The van der Waals surface area contributed by atoms with Crippen LogP contribution < -0.4 is 9.47 Å². The lowest BCUT2D eigenvalue weighted by atomic mass is 9.85. The molecule has 8 heteroatoms. The van der Waals surface area contributed by atoms with Crippen molar-refractivity contribution in [3.05, 3.63) is 18.2 Å². The quantitative estimate of drug-likeness (QED) is 0.629. The van der Waals surface area contributed by atoms with Crippen molar-refractivity contribution in [2.75, 3.05) is 39.5 Å². The Kier molecular flexibility index (Phi) is 7.02. The lowest BCUT2D eigenvalue weighted by Gasteiger charge is -2.39. The summed E-state index contributed by atoms with van der Waals surface area (Å²) in [6.45, 7) is 6.46. The molecule has 0 unspecified atom stereocenters. The van der Waals surface area contributed by atoms with Gasteiger partial charge >= 0.3 is 0 Å². The van der Waals surface area contributed by atoms with Crippen LogP contribution in [0.3, 0.4) is 0 Å². The van der Waals surface area contributed by atoms with Crippen molar-refractivity contribution < 1.29 is 28.9 Å². The minimum atomic E-state index is -0.605. The second-order valence-electron chi connectivity index (χ2n) is 10.8. The van der Waals surface area contributed by atoms with Crippen LogP contribution in [0.5, 0.6) is 11.6 Å². The van der Waals surface area contributed by atoms with Crippen molar-refractivity contribution in [3.8, 4) is 11.6 Å². The third-order valence-electron chi connectivity index (χ3n) is 7.84. The van der Waals surface area contributed by atoms with E-state index >= 15 is 0 Å². The Hall–Kier alpha value is -1.87. The Bertz CT molecular complexity index is 936. The summed E-state index contributed by atoms with van der Waals surface area (Å²) < 4.78 is 23.4. The van der Waals surface area contributed by atoms with Gasteiger partial charge in [-0.25, -0.2) is 0 Å². The third-order valence-corrected chi connectivity index (χ3v) is 7.84. The number of aliphatic hydroxyl groups is 2. The summed E-state index contributed by atoms with van der Waals surface area (Å²) >= 11 is 0. The molecule has 2 saturated heterocycles. The van der Waals surface area contributed by atoms with Gasteiger partial charge in [-0.2, -0.15) is 0 Å². The second kappa shape index (κ2) is 10.0. The predicted molar refractivity (Wildman–Crippen MR) is 127 cm³/mol. The first-order valence-corrected chi connectivity index (χ1v) is 12.8. The molecule has 2 aromatic rings. The third kappa shape index (κ3) is 5.67. The van der Waals surface area contributed by atoms with E-state index in [1.807, 2.05) is 25.1 Å². The minimum Gasteiger partial charge on any atom is -0.489 e. The lowest BCUT2D eigenvalue weighted by Crippen LogP contribution is -2.49. The second-order valence-corrected chi connectivity index (χ2v) is 10.8. The van der Waals surface area contributed by atoms with Crippen LogP contribution >= 0.6 is 0 Å². The van der Waals surface area contributed by atoms with Crippen LogP contribution in [0.15, 0.2) is 22.7 Å². The van der Waals surface area contributed by atoms with E-state index < -0.39 is 11.2 Å². The molecule has 3 heterocycles. The van der Waals surface area contributed by atoms with Gasteiger partial charge in [-0.1, -0.05) is 6.07 Å². The molecule has 1 aliphatic carbocycles. The molecule has 0 atom stereocenters. The Labute approximate surface area is 201 Å². The van der Waals surface area contributed by atoms with Gasteiger partial charge < -0.3 is 33.8 Å². The molecule has 34 heavy (non-hydrogen) atoms. The number of likely N-dealkylation sites (tertiary alicyclic amines) is 1. The maximum atomic E-state index is 10.8. The van der Waals surface area contributed by atoms with Gasteiger partial charge in [-0.15, -0.1) is 0 Å². The van der Waals surface area contributed by atoms with Crippen LogP contribution in [-0.2, 0) is 4.74 Å². The van der Waals surface area contributed by atoms with Gasteiger partial charge in [0.15, 0.2) is 5.58 Å². The number of aromatic nitrogens is 1. The number of ether oxygens (including phenoxy) is 3. The molecule has 2 aliphatic heterocycles. The van der Waals surface area contributed by atoms with Gasteiger partial charge in [0.2, 0.25) is 0 Å². The zero-order valence-corrected chi connectivity index (χ0v) is 20.2. The zero-order chi connectivity index (χ0) is 23.6. The highest BCUT2D eigenvalue weighted by Crippen LogP contribution is 2.37. The average Bonchev–Trinajstić information content (AvgIpc) is 3.24. The van der Waals surface area contributed by atoms with Crippen LogP contribution in [0, 0.1) is 5.92 Å². The molecule has 1 aromatic carbocycles. The average molecular weight is 475 g/mol. The van der Waals surface area contributed by atoms with Gasteiger partial charge in [-0.05, 0) is 81.7 Å². The highest BCUT2D eigenvalue weighted by atomic mass is 16.5. The van der Waals surface area contributed by atoms with Crippen molar-refractivity contribution >= 4 is 11.0 Å². The lowest BCUT2D eigenvalue weighted by molar-refractivity contribution is -0.0834. The number of hydrogen-bond acceptors (Lipinski definition) is 8. The molecule has 8 nitrogen and oxygen atoms in total. The summed E-state index contributed by atoms with van der Waals surface area (Å²) in [6, 6.07) is 5.74. The molecule has 5 rings (SSSR count). The normalized spacial score (nSPS) is 28.7. The minimum absolute atomic E-state index is 0.0726. The first-order valence-electron chi connectivity index (χ1n) is 12.8. The fraction of sp³-hybridized carbons (Fsp3) is 0.731. The Morgan fingerprint density at radius 3 is 2.53 bits per heavy atom. The molecule has 3 fully saturated rings. The topological polar surface area (TPSA) is 97.4 Å². The summed E-state index contributed by atoms with van der Waals surface area (Å²) in [5, 5.41) is 26.0. The summed E-state index contributed by atoms with van der Waals surface area (Å²) in [5.41, 5.74) is -0.531. The highest BCUT2D eigenvalue weighted by molar-refractivity contribution is 5.88. The van der Waals surface area contributed by atoms with Crippen molar-refractivity contribution in [2.45, 2.75) is 75.6 Å². The standard InChI is InChI=1S/C26H38N2O6/c1-25(29)9-5-20(6-10-25)33-21-3-2-4-22-23(21)24(27-34-22)32-17-19-7-13-28(14-8-19)18-26(30)11-15-31-16-12-26/h2-4,19-20,29-30H,5-18H2,1H3. The maximum absolute atomic E-state index is 10.8. The van der Waals surface area contributed by atoms with Crippen molar-refractivity contribution in [1.82, 2.24) is 10.1 Å². The van der Waals surface area contributed by atoms with Crippen LogP contribution in [0.4, 0.5) is 0 Å². The van der Waals surface area contributed by atoms with E-state index in [-0.39, 0.29) is 6.10 Å². The first kappa shape index (κ1) is 23.9. The fourth-order valence-electron chi connectivity index (χ4n) is 5.48. The smallest absolute Gasteiger partial charge is 0.265 e. The predicted octanol–water partition coefficient (Wildman–Crippen LogP) is 3.53. The molecule has 188 valence electrons. The Balaban J connectivity index is 1.15. The number of hydrogen-bond donors (Lipinski definition) is 2. The van der Waals surface area contributed by atoms with Gasteiger partial charge in [0, 0.05) is 32.6 Å². The van der Waals surface area contributed by atoms with E-state index in [1.54, 1.807) is 0 Å². The summed E-state index contributed by atoms with van der Waals surface area (Å²) in [5.74, 6) is 1.67. The van der Waals surface area contributed by atoms with Crippen LogP contribution in [0.2, 0.25) is 0 Å². The van der Waals surface area contributed by atoms with E-state index in [2.05, 4.69) is 10.1 Å². The first-order chi connectivity index (χ1) is 16.4. The Morgan fingerprint density at radius 2 is 1.79 bits per heavy atom. The largest absolute Gasteiger partial charge is 0.489 e. The zero-order valence-electron chi connectivity index (χ0n) is 20.2. The van der Waals surface area contributed by atoms with Crippen LogP contribution in [0.1, 0.15) is 58.3 Å². The molecular formula is C26H38N2O6. The highest BCUT2D eigenvalue weighted by Gasteiger charge is 2.34. The van der Waals surface area contributed by atoms with Crippen LogP contribution in [-0.4, -0.2) is 77.0 Å². The molecule has 0 bridgehead atoms. The van der Waals surface area contributed by atoms with Gasteiger partial charge in [-0.3, -0.25) is 0 Å². The Morgan fingerprint density at radius 1 is 1.06 bits per heavy atom. The molecule has 2 N–H and O–H groups in total. The van der Waals surface area contributed by atoms with E-state index in [0.29, 0.717) is 37.2 Å². The van der Waals surface area contributed by atoms with E-state index in [4.69, 9.17) is 18.7 Å². The van der Waals surface area contributed by atoms with Crippen molar-refractivity contribution in [3.63, 3.8) is 0 Å². The number of piperidine rings is 1. The van der Waals surface area contributed by atoms with E-state index in [0.717, 1.165) is 82.1 Å². The van der Waals surface area contributed by atoms with E-state index in [1.165, 1.54) is 0 Å². The van der Waals surface area contributed by atoms with E-state index in [9.17, 15) is 10.2 Å².